The fraction of sp³-hybridized carbons (Fsp3) is 0.357. The number of anilines is 1. The number of carboxylic acid groups (broad SMARTS) is 1. The Balaban J connectivity index is 2.90. The van der Waals surface area contributed by atoms with Crippen molar-refractivity contribution in [2.75, 3.05) is 5.32 Å². The van der Waals surface area contributed by atoms with Gasteiger partial charge >= 0.3 is 12.0 Å². The van der Waals surface area contributed by atoms with Gasteiger partial charge in [-0.2, -0.15) is 0 Å². The summed E-state index contributed by atoms with van der Waals surface area (Å²) in [6.07, 6.45) is -0.202. The Labute approximate surface area is 122 Å². The van der Waals surface area contributed by atoms with Crippen LogP contribution in [0.25, 0.3) is 0 Å². The van der Waals surface area contributed by atoms with Crippen LogP contribution in [0.3, 0.4) is 0 Å². The summed E-state index contributed by atoms with van der Waals surface area (Å²) in [7, 11) is 0. The van der Waals surface area contributed by atoms with Crippen LogP contribution in [0.15, 0.2) is 24.3 Å². The lowest BCUT2D eigenvalue weighted by molar-refractivity contribution is -0.136. The number of hydrogen-bond donors (Lipinski definition) is 4. The van der Waals surface area contributed by atoms with E-state index in [4.69, 9.17) is 10.8 Å². The molecule has 5 N–H and O–H groups in total. The van der Waals surface area contributed by atoms with E-state index in [1.54, 1.807) is 38.1 Å². The molecular formula is C14H19N3O4. The van der Waals surface area contributed by atoms with Gasteiger partial charge in [0.2, 0.25) is 5.91 Å². The molecule has 0 aromatic heterocycles. The summed E-state index contributed by atoms with van der Waals surface area (Å²) in [4.78, 5) is 33.9. The van der Waals surface area contributed by atoms with Crippen molar-refractivity contribution in [1.82, 2.24) is 5.32 Å². The predicted molar refractivity (Wildman–Crippen MR) is 77.8 cm³/mol. The van der Waals surface area contributed by atoms with Gasteiger partial charge in [-0.15, -0.1) is 0 Å². The minimum absolute atomic E-state index is 0.163. The number of carbonyl (C=O) groups is 3. The summed E-state index contributed by atoms with van der Waals surface area (Å²) in [6, 6.07) is 5.03. The highest BCUT2D eigenvalue weighted by atomic mass is 16.4. The molecule has 1 aromatic rings. The van der Waals surface area contributed by atoms with Crippen molar-refractivity contribution in [2.45, 2.75) is 26.3 Å². The van der Waals surface area contributed by atoms with E-state index in [-0.39, 0.29) is 12.3 Å². The lowest BCUT2D eigenvalue weighted by atomic mass is 10.0. The second-order valence-corrected chi connectivity index (χ2v) is 4.95. The first kappa shape index (κ1) is 16.5. The number of benzene rings is 1. The van der Waals surface area contributed by atoms with E-state index in [1.807, 2.05) is 0 Å². The lowest BCUT2D eigenvalue weighted by Gasteiger charge is -2.21. The number of aliphatic carboxylic acids is 1. The van der Waals surface area contributed by atoms with Crippen LogP contribution in [-0.4, -0.2) is 29.1 Å². The molecule has 0 bridgehead atoms. The molecule has 3 amide bonds. The van der Waals surface area contributed by atoms with Gasteiger partial charge in [-0.1, -0.05) is 32.0 Å². The third kappa shape index (κ3) is 5.13. The Morgan fingerprint density at radius 3 is 2.38 bits per heavy atom. The molecule has 1 rings (SSSR count). The van der Waals surface area contributed by atoms with Crippen LogP contribution in [0.5, 0.6) is 0 Å². The molecule has 1 atom stereocenters. The summed E-state index contributed by atoms with van der Waals surface area (Å²) >= 11 is 0. The zero-order valence-electron chi connectivity index (χ0n) is 11.9. The van der Waals surface area contributed by atoms with Crippen LogP contribution in [0.2, 0.25) is 0 Å². The molecule has 7 heteroatoms. The van der Waals surface area contributed by atoms with Gasteiger partial charge < -0.3 is 21.5 Å². The molecule has 0 aliphatic carbocycles. The second-order valence-electron chi connectivity index (χ2n) is 4.95. The van der Waals surface area contributed by atoms with E-state index in [1.165, 1.54) is 0 Å². The summed E-state index contributed by atoms with van der Waals surface area (Å²) in [6.45, 7) is 3.53. The molecule has 1 aromatic carbocycles. The highest BCUT2D eigenvalue weighted by Crippen LogP contribution is 2.17. The number of hydrogen-bond acceptors (Lipinski definition) is 3. The number of urea groups is 1. The topological polar surface area (TPSA) is 122 Å². The van der Waals surface area contributed by atoms with Gasteiger partial charge in [0.25, 0.3) is 0 Å². The van der Waals surface area contributed by atoms with Crippen LogP contribution < -0.4 is 16.4 Å². The van der Waals surface area contributed by atoms with E-state index in [9.17, 15) is 14.4 Å². The van der Waals surface area contributed by atoms with Crippen LogP contribution in [-0.2, 0) is 16.0 Å². The summed E-state index contributed by atoms with van der Waals surface area (Å²) in [5.41, 5.74) is 5.94. The lowest BCUT2D eigenvalue weighted by Crippen LogP contribution is -2.49. The molecule has 0 spiro atoms. The van der Waals surface area contributed by atoms with Gasteiger partial charge in [-0.25, -0.2) is 4.79 Å². The van der Waals surface area contributed by atoms with Gasteiger partial charge in [0.05, 0.1) is 6.42 Å². The summed E-state index contributed by atoms with van der Waals surface area (Å²) < 4.78 is 0. The Morgan fingerprint density at radius 2 is 1.86 bits per heavy atom. The van der Waals surface area contributed by atoms with Crippen molar-refractivity contribution in [3.05, 3.63) is 29.8 Å². The molecule has 0 fully saturated rings. The number of carbonyl (C=O) groups excluding carboxylic acids is 2. The Hall–Kier alpha value is -2.57. The standard InChI is InChI=1S/C14H19N3O4/c1-8(2)12(17-14(15)21)13(20)16-10-6-4-3-5-9(10)7-11(18)19/h3-6,8,12H,7H2,1-2H3,(H,16,20)(H,18,19)(H3,15,17,21). The van der Waals surface area contributed by atoms with Gasteiger partial charge in [0.1, 0.15) is 6.04 Å². The number of para-hydroxylation sites is 1. The molecule has 0 aliphatic heterocycles. The first-order valence-corrected chi connectivity index (χ1v) is 6.47. The van der Waals surface area contributed by atoms with Crippen molar-refractivity contribution in [3.63, 3.8) is 0 Å². The minimum atomic E-state index is -0.993. The maximum absolute atomic E-state index is 12.2. The summed E-state index contributed by atoms with van der Waals surface area (Å²) in [5.74, 6) is -1.60. The first-order chi connectivity index (χ1) is 9.81. The molecule has 0 heterocycles. The van der Waals surface area contributed by atoms with Crippen molar-refractivity contribution in [1.29, 1.82) is 0 Å². The average Bonchev–Trinajstić information content (AvgIpc) is 2.37. The molecule has 0 saturated carbocycles. The third-order valence-electron chi connectivity index (χ3n) is 2.86. The van der Waals surface area contributed by atoms with E-state index in [0.29, 0.717) is 11.3 Å². The fourth-order valence-electron chi connectivity index (χ4n) is 1.86. The number of rotatable bonds is 6. The molecule has 114 valence electrons. The Morgan fingerprint density at radius 1 is 1.24 bits per heavy atom. The normalized spacial score (nSPS) is 11.8. The van der Waals surface area contributed by atoms with Crippen molar-refractivity contribution in [3.8, 4) is 0 Å². The Bertz CT molecular complexity index is 543. The number of primary amides is 1. The van der Waals surface area contributed by atoms with Crippen LogP contribution in [0.4, 0.5) is 10.5 Å². The van der Waals surface area contributed by atoms with E-state index in [2.05, 4.69) is 10.6 Å². The number of amides is 3. The fourth-order valence-corrected chi connectivity index (χ4v) is 1.86. The SMILES string of the molecule is CC(C)C(NC(N)=O)C(=O)Nc1ccccc1CC(=O)O. The molecule has 7 nitrogen and oxygen atoms in total. The molecular weight excluding hydrogens is 274 g/mol. The largest absolute Gasteiger partial charge is 0.481 e. The van der Waals surface area contributed by atoms with E-state index in [0.717, 1.165) is 0 Å². The van der Waals surface area contributed by atoms with Gasteiger partial charge in [-0.05, 0) is 17.5 Å². The molecule has 1 unspecified atom stereocenters. The summed E-state index contributed by atoms with van der Waals surface area (Å²) in [5, 5.41) is 13.9. The van der Waals surface area contributed by atoms with Crippen LogP contribution in [0, 0.1) is 5.92 Å². The second kappa shape index (κ2) is 7.28. The predicted octanol–water partition coefficient (Wildman–Crippen LogP) is 0.945. The van der Waals surface area contributed by atoms with E-state index >= 15 is 0 Å². The van der Waals surface area contributed by atoms with Gasteiger partial charge in [-0.3, -0.25) is 9.59 Å². The number of carboxylic acids is 1. The number of nitrogens with two attached hydrogens (primary N) is 1. The molecule has 21 heavy (non-hydrogen) atoms. The number of nitrogens with one attached hydrogen (secondary N) is 2. The van der Waals surface area contributed by atoms with E-state index < -0.39 is 23.9 Å². The zero-order valence-corrected chi connectivity index (χ0v) is 11.9. The first-order valence-electron chi connectivity index (χ1n) is 6.47. The quantitative estimate of drug-likeness (QED) is 0.623. The van der Waals surface area contributed by atoms with Gasteiger partial charge in [0.15, 0.2) is 0 Å². The Kier molecular flexibility index (Phi) is 5.71. The van der Waals surface area contributed by atoms with Crippen molar-refractivity contribution < 1.29 is 19.5 Å². The average molecular weight is 293 g/mol. The molecule has 0 aliphatic rings. The van der Waals surface area contributed by atoms with Crippen molar-refractivity contribution >= 4 is 23.6 Å². The third-order valence-corrected chi connectivity index (χ3v) is 2.86. The maximum Gasteiger partial charge on any atom is 0.312 e. The maximum atomic E-state index is 12.2. The molecule has 0 saturated heterocycles. The highest BCUT2D eigenvalue weighted by molar-refractivity contribution is 5.98. The van der Waals surface area contributed by atoms with Crippen LogP contribution in [0.1, 0.15) is 19.4 Å². The zero-order chi connectivity index (χ0) is 16.0. The highest BCUT2D eigenvalue weighted by Gasteiger charge is 2.24. The smallest absolute Gasteiger partial charge is 0.312 e. The monoisotopic (exact) mass is 293 g/mol. The minimum Gasteiger partial charge on any atom is -0.481 e. The van der Waals surface area contributed by atoms with Gasteiger partial charge in [0, 0.05) is 5.69 Å². The van der Waals surface area contributed by atoms with Crippen LogP contribution >= 0.6 is 0 Å². The molecule has 0 radical (unpaired) electrons. The van der Waals surface area contributed by atoms with Crippen molar-refractivity contribution in [2.24, 2.45) is 11.7 Å².